The molecule has 1 aromatic rings. The molecule has 1 atom stereocenters. The number of fused-ring (bicyclic) bond motifs is 1. The van der Waals surface area contributed by atoms with E-state index < -0.39 is 29.2 Å². The number of benzene rings is 1. The van der Waals surface area contributed by atoms with Crippen LogP contribution in [0.1, 0.15) is 25.0 Å². The molecule has 0 spiro atoms. The molecule has 0 bridgehead atoms. The summed E-state index contributed by atoms with van der Waals surface area (Å²) in [6.45, 7) is 3.12. The Morgan fingerprint density at radius 1 is 1.37 bits per heavy atom. The number of carbonyl (C=O) groups is 1. The topological polar surface area (TPSA) is 49.3 Å². The Bertz CT molecular complexity index is 523. The lowest BCUT2D eigenvalue weighted by atomic mass is 9.83. The van der Waals surface area contributed by atoms with Gasteiger partial charge in [-0.25, -0.2) is 0 Å². The van der Waals surface area contributed by atoms with Gasteiger partial charge in [-0.3, -0.25) is 4.79 Å². The van der Waals surface area contributed by atoms with Crippen molar-refractivity contribution in [2.75, 3.05) is 5.32 Å². The van der Waals surface area contributed by atoms with Crippen molar-refractivity contribution in [2.24, 2.45) is 5.41 Å². The zero-order valence-corrected chi connectivity index (χ0v) is 10.5. The monoisotopic (exact) mass is 273 g/mol. The van der Waals surface area contributed by atoms with Crippen molar-refractivity contribution in [3.63, 3.8) is 0 Å². The molecule has 0 aromatic heterocycles. The third-order valence-corrected chi connectivity index (χ3v) is 3.61. The van der Waals surface area contributed by atoms with Crippen LogP contribution < -0.4 is 5.32 Å². The first kappa shape index (κ1) is 13.7. The molecule has 1 aromatic carbocycles. The van der Waals surface area contributed by atoms with E-state index >= 15 is 0 Å². The number of rotatable bonds is 2. The molecule has 0 saturated heterocycles. The van der Waals surface area contributed by atoms with E-state index in [9.17, 15) is 18.0 Å². The fourth-order valence-corrected chi connectivity index (χ4v) is 2.12. The summed E-state index contributed by atoms with van der Waals surface area (Å²) in [6.07, 6.45) is -4.10. The normalized spacial score (nSPS) is 18.9. The van der Waals surface area contributed by atoms with Gasteiger partial charge in [0.25, 0.3) is 0 Å². The highest BCUT2D eigenvalue weighted by molar-refractivity contribution is 5.76. The van der Waals surface area contributed by atoms with Crippen LogP contribution in [0.3, 0.4) is 0 Å². The molecule has 0 amide bonds. The van der Waals surface area contributed by atoms with Crippen LogP contribution in [0.4, 0.5) is 18.9 Å². The number of alkyl halides is 3. The fourth-order valence-electron chi connectivity index (χ4n) is 2.12. The van der Waals surface area contributed by atoms with Gasteiger partial charge < -0.3 is 10.4 Å². The molecule has 1 heterocycles. The van der Waals surface area contributed by atoms with Crippen molar-refractivity contribution in [3.8, 4) is 0 Å². The van der Waals surface area contributed by atoms with Crippen LogP contribution in [0.25, 0.3) is 0 Å². The van der Waals surface area contributed by atoms with Crippen LogP contribution >= 0.6 is 0 Å². The van der Waals surface area contributed by atoms with E-state index in [0.29, 0.717) is 11.3 Å². The number of carboxylic acid groups (broad SMARTS) is 1. The first-order valence-electron chi connectivity index (χ1n) is 5.82. The number of nitrogens with one attached hydrogen (secondary N) is 1. The van der Waals surface area contributed by atoms with Crippen molar-refractivity contribution < 1.29 is 23.1 Å². The Balaban J connectivity index is 2.29. The second-order valence-corrected chi connectivity index (χ2v) is 5.30. The molecular formula is C13H14F3NO2. The van der Waals surface area contributed by atoms with Gasteiger partial charge in [0.05, 0.1) is 11.0 Å². The molecule has 0 fully saturated rings. The minimum absolute atomic E-state index is 0.276. The number of anilines is 1. The molecule has 0 aliphatic carbocycles. The lowest BCUT2D eigenvalue weighted by Gasteiger charge is -2.27. The molecule has 6 heteroatoms. The molecule has 2 rings (SSSR count). The summed E-state index contributed by atoms with van der Waals surface area (Å²) < 4.78 is 37.8. The Morgan fingerprint density at radius 2 is 2.00 bits per heavy atom. The van der Waals surface area contributed by atoms with Crippen LogP contribution in [0.15, 0.2) is 18.2 Å². The van der Waals surface area contributed by atoms with Gasteiger partial charge in [0.1, 0.15) is 0 Å². The average Bonchev–Trinajstić information content (AvgIpc) is 2.70. The molecule has 0 radical (unpaired) electrons. The van der Waals surface area contributed by atoms with E-state index in [1.165, 1.54) is 6.07 Å². The van der Waals surface area contributed by atoms with E-state index in [1.807, 2.05) is 0 Å². The summed E-state index contributed by atoms with van der Waals surface area (Å²) in [6, 6.07) is 3.03. The third-order valence-electron chi connectivity index (χ3n) is 3.61. The van der Waals surface area contributed by atoms with Gasteiger partial charge in [0.2, 0.25) is 0 Å². The number of hydrogen-bond donors (Lipinski definition) is 2. The second-order valence-electron chi connectivity index (χ2n) is 5.30. The van der Waals surface area contributed by atoms with Crippen molar-refractivity contribution in [1.82, 2.24) is 0 Å². The molecule has 1 aliphatic rings. The number of halogens is 3. The summed E-state index contributed by atoms with van der Waals surface area (Å²) >= 11 is 0. The number of carboxylic acids is 1. The molecular weight excluding hydrogens is 259 g/mol. The Kier molecular flexibility index (Phi) is 2.99. The number of hydrogen-bond acceptors (Lipinski definition) is 2. The zero-order valence-electron chi connectivity index (χ0n) is 10.5. The van der Waals surface area contributed by atoms with Gasteiger partial charge in [0, 0.05) is 11.7 Å². The molecule has 19 heavy (non-hydrogen) atoms. The summed E-state index contributed by atoms with van der Waals surface area (Å²) in [5.41, 5.74) is -0.666. The number of aliphatic carboxylic acids is 1. The van der Waals surface area contributed by atoms with E-state index in [4.69, 9.17) is 5.11 Å². The maximum absolute atomic E-state index is 12.6. The third kappa shape index (κ3) is 2.39. The minimum Gasteiger partial charge on any atom is -0.481 e. The molecule has 104 valence electrons. The predicted octanol–water partition coefficient (Wildman–Crippen LogP) is 3.15. The maximum atomic E-state index is 12.6. The first-order chi connectivity index (χ1) is 8.62. The Morgan fingerprint density at radius 3 is 2.53 bits per heavy atom. The standard InChI is InChI=1S/C13H14F3NO2/c1-12(2,11(18)19)10-6-7-5-8(13(14,15)16)3-4-9(7)17-10/h3-5,10,17H,6H2,1-2H3,(H,18,19). The predicted molar refractivity (Wildman–Crippen MR) is 64.0 cm³/mol. The van der Waals surface area contributed by atoms with E-state index in [2.05, 4.69) is 5.32 Å². The van der Waals surface area contributed by atoms with Gasteiger partial charge >= 0.3 is 12.1 Å². The second kappa shape index (κ2) is 4.15. The summed E-state index contributed by atoms with van der Waals surface area (Å²) in [4.78, 5) is 11.2. The van der Waals surface area contributed by atoms with Crippen LogP contribution in [0.5, 0.6) is 0 Å². The minimum atomic E-state index is -4.38. The van der Waals surface area contributed by atoms with Crippen LogP contribution in [-0.2, 0) is 17.4 Å². The highest BCUT2D eigenvalue weighted by atomic mass is 19.4. The highest BCUT2D eigenvalue weighted by Gasteiger charge is 2.41. The van der Waals surface area contributed by atoms with Crippen LogP contribution in [-0.4, -0.2) is 17.1 Å². The van der Waals surface area contributed by atoms with E-state index in [1.54, 1.807) is 13.8 Å². The molecule has 3 nitrogen and oxygen atoms in total. The van der Waals surface area contributed by atoms with Crippen molar-refractivity contribution >= 4 is 11.7 Å². The highest BCUT2D eigenvalue weighted by Crippen LogP contribution is 2.38. The maximum Gasteiger partial charge on any atom is 0.416 e. The van der Waals surface area contributed by atoms with Crippen molar-refractivity contribution in [3.05, 3.63) is 29.3 Å². The summed E-state index contributed by atoms with van der Waals surface area (Å²) in [5, 5.41) is 12.1. The fraction of sp³-hybridized carbons (Fsp3) is 0.462. The Labute approximate surface area is 108 Å². The smallest absolute Gasteiger partial charge is 0.416 e. The quantitative estimate of drug-likeness (QED) is 0.870. The largest absolute Gasteiger partial charge is 0.481 e. The van der Waals surface area contributed by atoms with Crippen molar-refractivity contribution in [1.29, 1.82) is 0 Å². The van der Waals surface area contributed by atoms with E-state index in [0.717, 1.165) is 12.1 Å². The SMILES string of the molecule is CC(C)(C(=O)O)C1Cc2cc(C(F)(F)F)ccc2N1. The molecule has 1 aliphatic heterocycles. The lowest BCUT2D eigenvalue weighted by molar-refractivity contribution is -0.147. The zero-order chi connectivity index (χ0) is 14.4. The summed E-state index contributed by atoms with van der Waals surface area (Å²) in [7, 11) is 0. The molecule has 2 N–H and O–H groups in total. The van der Waals surface area contributed by atoms with Gasteiger partial charge in [0.15, 0.2) is 0 Å². The van der Waals surface area contributed by atoms with Gasteiger partial charge in [-0.15, -0.1) is 0 Å². The van der Waals surface area contributed by atoms with Crippen LogP contribution in [0.2, 0.25) is 0 Å². The van der Waals surface area contributed by atoms with E-state index in [-0.39, 0.29) is 6.42 Å². The average molecular weight is 273 g/mol. The molecule has 0 saturated carbocycles. The van der Waals surface area contributed by atoms with Crippen molar-refractivity contribution in [2.45, 2.75) is 32.5 Å². The van der Waals surface area contributed by atoms with Gasteiger partial charge in [-0.1, -0.05) is 0 Å². The Hall–Kier alpha value is -1.72. The van der Waals surface area contributed by atoms with Gasteiger partial charge in [-0.2, -0.15) is 13.2 Å². The summed E-state index contributed by atoms with van der Waals surface area (Å²) in [5.74, 6) is -0.978. The van der Waals surface area contributed by atoms with Crippen LogP contribution in [0, 0.1) is 5.41 Å². The lowest BCUT2D eigenvalue weighted by Crippen LogP contribution is -2.41. The van der Waals surface area contributed by atoms with Gasteiger partial charge in [-0.05, 0) is 44.0 Å². The first-order valence-corrected chi connectivity index (χ1v) is 5.82. The molecule has 1 unspecified atom stereocenters.